The van der Waals surface area contributed by atoms with E-state index in [1.54, 1.807) is 0 Å². The van der Waals surface area contributed by atoms with Crippen LogP contribution in [0.2, 0.25) is 5.02 Å². The standard InChI is InChI=1S/C23H20ClN3O/c24-16-9-11-17(12-10-16)25-20-6-3-7-21-19(20)14-28-23(26-21)27-22-13-8-15-4-1-2-5-18(15)22/h1-7,9-12,22,25H,8,13-14H2,(H,26,27). The van der Waals surface area contributed by atoms with Crippen molar-refractivity contribution in [2.24, 2.45) is 4.99 Å². The highest BCUT2D eigenvalue weighted by atomic mass is 35.5. The largest absolute Gasteiger partial charge is 0.460 e. The fourth-order valence-electron chi connectivity index (χ4n) is 3.84. The monoisotopic (exact) mass is 389 g/mol. The number of aliphatic imine (C=N–C) groups is 1. The third kappa shape index (κ3) is 3.32. The number of nitrogens with one attached hydrogen (secondary N) is 2. The van der Waals surface area contributed by atoms with Crippen LogP contribution in [0.15, 0.2) is 71.7 Å². The van der Waals surface area contributed by atoms with Crippen LogP contribution in [0.1, 0.15) is 29.2 Å². The van der Waals surface area contributed by atoms with E-state index in [4.69, 9.17) is 21.3 Å². The van der Waals surface area contributed by atoms with Gasteiger partial charge in [0.15, 0.2) is 0 Å². The Bertz CT molecular complexity index is 1050. The topological polar surface area (TPSA) is 45.6 Å². The van der Waals surface area contributed by atoms with Gasteiger partial charge in [-0.1, -0.05) is 41.9 Å². The average molecular weight is 390 g/mol. The van der Waals surface area contributed by atoms with Gasteiger partial charge in [-0.05, 0) is 60.4 Å². The first-order chi connectivity index (χ1) is 13.8. The number of aryl methyl sites for hydroxylation is 1. The number of fused-ring (bicyclic) bond motifs is 2. The van der Waals surface area contributed by atoms with E-state index in [1.165, 1.54) is 11.1 Å². The van der Waals surface area contributed by atoms with Crippen LogP contribution in [0.5, 0.6) is 0 Å². The lowest BCUT2D eigenvalue weighted by Gasteiger charge is -2.24. The zero-order chi connectivity index (χ0) is 18.9. The Balaban J connectivity index is 1.37. The minimum absolute atomic E-state index is 0.163. The summed E-state index contributed by atoms with van der Waals surface area (Å²) in [6.07, 6.45) is 2.10. The van der Waals surface area contributed by atoms with Crippen LogP contribution in [0.3, 0.4) is 0 Å². The predicted octanol–water partition coefficient (Wildman–Crippen LogP) is 6.07. The van der Waals surface area contributed by atoms with Gasteiger partial charge in [-0.15, -0.1) is 0 Å². The summed E-state index contributed by atoms with van der Waals surface area (Å²) in [5, 5.41) is 7.52. The second-order valence-electron chi connectivity index (χ2n) is 7.06. The number of anilines is 3. The normalized spacial score (nSPS) is 18.8. The Morgan fingerprint density at radius 2 is 1.86 bits per heavy atom. The Kier molecular flexibility index (Phi) is 4.41. The van der Waals surface area contributed by atoms with Gasteiger partial charge in [0.05, 0.1) is 11.7 Å². The van der Waals surface area contributed by atoms with Gasteiger partial charge in [0, 0.05) is 22.0 Å². The van der Waals surface area contributed by atoms with E-state index in [-0.39, 0.29) is 6.04 Å². The molecule has 0 fully saturated rings. The number of ether oxygens (including phenoxy) is 1. The third-order valence-electron chi connectivity index (χ3n) is 5.27. The lowest BCUT2D eigenvalue weighted by molar-refractivity contribution is 0.283. The smallest absolute Gasteiger partial charge is 0.290 e. The molecule has 28 heavy (non-hydrogen) atoms. The number of benzene rings is 3. The van der Waals surface area contributed by atoms with E-state index < -0.39 is 0 Å². The molecule has 1 aliphatic heterocycles. The van der Waals surface area contributed by atoms with Gasteiger partial charge < -0.3 is 15.4 Å². The number of nitrogens with zero attached hydrogens (tertiary/aromatic N) is 1. The minimum Gasteiger partial charge on any atom is -0.460 e. The molecular weight excluding hydrogens is 370 g/mol. The summed E-state index contributed by atoms with van der Waals surface area (Å²) < 4.78 is 5.96. The van der Waals surface area contributed by atoms with Crippen LogP contribution in [-0.2, 0) is 17.8 Å². The SMILES string of the molecule is Clc1ccc(Nc2cccc3c2COC(=NC2CCc4ccccc42)N3)cc1. The molecule has 2 aliphatic rings. The summed E-state index contributed by atoms with van der Waals surface area (Å²) in [5.74, 6) is 0. The third-order valence-corrected chi connectivity index (χ3v) is 5.52. The molecule has 0 saturated carbocycles. The van der Waals surface area contributed by atoms with Crippen LogP contribution < -0.4 is 10.6 Å². The Morgan fingerprint density at radius 3 is 2.75 bits per heavy atom. The van der Waals surface area contributed by atoms with Gasteiger partial charge in [-0.25, -0.2) is 4.99 Å². The van der Waals surface area contributed by atoms with Gasteiger partial charge in [0.1, 0.15) is 6.61 Å². The highest BCUT2D eigenvalue weighted by Gasteiger charge is 2.24. The van der Waals surface area contributed by atoms with Crippen molar-refractivity contribution in [2.45, 2.75) is 25.5 Å². The summed E-state index contributed by atoms with van der Waals surface area (Å²) in [5.41, 5.74) is 6.81. The quantitative estimate of drug-likeness (QED) is 0.571. The number of amidine groups is 1. The first-order valence-electron chi connectivity index (χ1n) is 9.46. The van der Waals surface area contributed by atoms with Crippen LogP contribution in [0.25, 0.3) is 0 Å². The average Bonchev–Trinajstić information content (AvgIpc) is 3.13. The maximum absolute atomic E-state index is 5.98. The van der Waals surface area contributed by atoms with Crippen molar-refractivity contribution in [3.63, 3.8) is 0 Å². The minimum atomic E-state index is 0.163. The first-order valence-corrected chi connectivity index (χ1v) is 9.84. The van der Waals surface area contributed by atoms with E-state index in [0.29, 0.717) is 12.6 Å². The first kappa shape index (κ1) is 17.1. The summed E-state index contributed by atoms with van der Waals surface area (Å²) in [6, 6.07) is 23.1. The summed E-state index contributed by atoms with van der Waals surface area (Å²) >= 11 is 5.98. The van der Waals surface area contributed by atoms with Crippen molar-refractivity contribution in [1.82, 2.24) is 0 Å². The predicted molar refractivity (Wildman–Crippen MR) is 115 cm³/mol. The van der Waals surface area contributed by atoms with Gasteiger partial charge in [0.25, 0.3) is 6.02 Å². The fraction of sp³-hybridized carbons (Fsp3) is 0.174. The van der Waals surface area contributed by atoms with Crippen LogP contribution >= 0.6 is 11.6 Å². The molecule has 1 heterocycles. The molecule has 0 spiro atoms. The Morgan fingerprint density at radius 1 is 1.00 bits per heavy atom. The molecule has 5 rings (SSSR count). The molecule has 3 aromatic rings. The zero-order valence-electron chi connectivity index (χ0n) is 15.3. The summed E-state index contributed by atoms with van der Waals surface area (Å²) in [4.78, 5) is 4.85. The van der Waals surface area contributed by atoms with Gasteiger partial charge in [0.2, 0.25) is 0 Å². The maximum Gasteiger partial charge on any atom is 0.290 e. The molecule has 5 heteroatoms. The number of rotatable bonds is 3. The molecule has 0 bridgehead atoms. The number of halogens is 1. The maximum atomic E-state index is 5.98. The molecule has 4 nitrogen and oxygen atoms in total. The highest BCUT2D eigenvalue weighted by molar-refractivity contribution is 6.30. The zero-order valence-corrected chi connectivity index (χ0v) is 16.0. The van der Waals surface area contributed by atoms with E-state index in [2.05, 4.69) is 41.0 Å². The molecule has 1 atom stereocenters. The van der Waals surface area contributed by atoms with E-state index >= 15 is 0 Å². The Labute approximate surface area is 169 Å². The van der Waals surface area contributed by atoms with E-state index in [0.717, 1.165) is 40.5 Å². The number of hydrogen-bond acceptors (Lipinski definition) is 3. The second-order valence-corrected chi connectivity index (χ2v) is 7.50. The van der Waals surface area contributed by atoms with Crippen LogP contribution in [-0.4, -0.2) is 6.02 Å². The van der Waals surface area contributed by atoms with Crippen LogP contribution in [0, 0.1) is 0 Å². The van der Waals surface area contributed by atoms with Crippen molar-refractivity contribution >= 4 is 34.7 Å². The van der Waals surface area contributed by atoms with Gasteiger partial charge in [-0.3, -0.25) is 0 Å². The second kappa shape index (κ2) is 7.21. The van der Waals surface area contributed by atoms with Crippen molar-refractivity contribution in [3.05, 3.63) is 88.4 Å². The van der Waals surface area contributed by atoms with E-state index in [9.17, 15) is 0 Å². The molecule has 2 N–H and O–H groups in total. The van der Waals surface area contributed by atoms with Gasteiger partial charge >= 0.3 is 0 Å². The molecule has 1 aliphatic carbocycles. The summed E-state index contributed by atoms with van der Waals surface area (Å²) in [7, 11) is 0. The molecule has 0 radical (unpaired) electrons. The lowest BCUT2D eigenvalue weighted by atomic mass is 10.1. The number of hydrogen-bond donors (Lipinski definition) is 2. The van der Waals surface area contributed by atoms with E-state index in [1.807, 2.05) is 36.4 Å². The summed E-state index contributed by atoms with van der Waals surface area (Å²) in [6.45, 7) is 0.478. The van der Waals surface area contributed by atoms with Crippen molar-refractivity contribution in [2.75, 3.05) is 10.6 Å². The molecule has 3 aromatic carbocycles. The molecule has 0 amide bonds. The fourth-order valence-corrected chi connectivity index (χ4v) is 3.96. The van der Waals surface area contributed by atoms with Crippen molar-refractivity contribution in [3.8, 4) is 0 Å². The molecule has 1 unspecified atom stereocenters. The molecular formula is C23H20ClN3O. The molecule has 0 saturated heterocycles. The lowest BCUT2D eigenvalue weighted by Crippen LogP contribution is -2.23. The molecule has 0 aromatic heterocycles. The van der Waals surface area contributed by atoms with Crippen molar-refractivity contribution < 1.29 is 4.74 Å². The highest BCUT2D eigenvalue weighted by Crippen LogP contribution is 2.36. The van der Waals surface area contributed by atoms with Crippen LogP contribution in [0.4, 0.5) is 17.1 Å². The Hall–Kier alpha value is -2.98. The van der Waals surface area contributed by atoms with Crippen molar-refractivity contribution in [1.29, 1.82) is 0 Å². The van der Waals surface area contributed by atoms with Gasteiger partial charge in [-0.2, -0.15) is 0 Å². The molecule has 140 valence electrons.